The molecule has 1 N–H and O–H groups in total. The lowest BCUT2D eigenvalue weighted by Gasteiger charge is -2.33. The highest BCUT2D eigenvalue weighted by Crippen LogP contribution is 2.31. The molecule has 11 heteroatoms. The summed E-state index contributed by atoms with van der Waals surface area (Å²) >= 11 is 12.4. The van der Waals surface area contributed by atoms with Crippen molar-refractivity contribution >= 4 is 50.7 Å². The molecule has 0 heterocycles. The van der Waals surface area contributed by atoms with E-state index in [2.05, 4.69) is 5.32 Å². The highest BCUT2D eigenvalue weighted by atomic mass is 35.5. The van der Waals surface area contributed by atoms with Crippen molar-refractivity contribution in [3.63, 3.8) is 0 Å². The van der Waals surface area contributed by atoms with E-state index in [4.69, 9.17) is 23.2 Å². The summed E-state index contributed by atoms with van der Waals surface area (Å²) in [6.07, 6.45) is 1.82. The van der Waals surface area contributed by atoms with E-state index < -0.39 is 34.3 Å². The van der Waals surface area contributed by atoms with E-state index in [0.717, 1.165) is 16.1 Å². The number of anilines is 1. The topological polar surface area (TPSA) is 86.8 Å². The van der Waals surface area contributed by atoms with Crippen LogP contribution >= 0.6 is 23.2 Å². The molecule has 208 valence electrons. The lowest BCUT2D eigenvalue weighted by molar-refractivity contribution is -0.140. The minimum Gasteiger partial charge on any atom is -0.354 e. The van der Waals surface area contributed by atoms with Crippen molar-refractivity contribution in [2.45, 2.75) is 32.4 Å². The molecule has 0 aliphatic heterocycles. The molecule has 39 heavy (non-hydrogen) atoms. The van der Waals surface area contributed by atoms with E-state index >= 15 is 0 Å². The molecule has 0 aromatic heterocycles. The fourth-order valence-corrected chi connectivity index (χ4v) is 5.27. The van der Waals surface area contributed by atoms with Gasteiger partial charge in [-0.15, -0.1) is 0 Å². The molecular formula is C28H30Cl2FN3O4S. The van der Waals surface area contributed by atoms with Crippen LogP contribution in [0.2, 0.25) is 10.0 Å². The van der Waals surface area contributed by atoms with Crippen molar-refractivity contribution in [3.8, 4) is 0 Å². The lowest BCUT2D eigenvalue weighted by atomic mass is 10.0. The first-order valence-electron chi connectivity index (χ1n) is 12.3. The normalized spacial score (nSPS) is 12.0. The van der Waals surface area contributed by atoms with Crippen LogP contribution in [0, 0.1) is 5.82 Å². The molecule has 0 bridgehead atoms. The van der Waals surface area contributed by atoms with Crippen molar-refractivity contribution in [1.29, 1.82) is 0 Å². The van der Waals surface area contributed by atoms with Crippen LogP contribution in [0.1, 0.15) is 24.5 Å². The smallest absolute Gasteiger partial charge is 0.244 e. The van der Waals surface area contributed by atoms with E-state index in [9.17, 15) is 22.4 Å². The van der Waals surface area contributed by atoms with Gasteiger partial charge in [-0.05, 0) is 47.9 Å². The first-order chi connectivity index (χ1) is 18.5. The molecule has 0 spiro atoms. The van der Waals surface area contributed by atoms with Crippen LogP contribution in [-0.2, 0) is 32.6 Å². The summed E-state index contributed by atoms with van der Waals surface area (Å²) in [5.74, 6) is -1.48. The molecule has 7 nitrogen and oxygen atoms in total. The number of carbonyl (C=O) groups excluding carboxylic acids is 2. The quantitative estimate of drug-likeness (QED) is 0.318. The molecule has 3 aromatic carbocycles. The molecule has 3 rings (SSSR count). The Hall–Kier alpha value is -3.14. The van der Waals surface area contributed by atoms with Gasteiger partial charge in [-0.1, -0.05) is 72.6 Å². The molecule has 2 amide bonds. The molecule has 1 atom stereocenters. The maximum Gasteiger partial charge on any atom is 0.244 e. The molecule has 0 radical (unpaired) electrons. The molecule has 3 aromatic rings. The second-order valence-electron chi connectivity index (χ2n) is 9.01. The second kappa shape index (κ2) is 13.8. The number of hydrogen-bond donors (Lipinski definition) is 1. The molecule has 0 saturated heterocycles. The number of sulfonamides is 1. The Kier molecular flexibility index (Phi) is 10.7. The Morgan fingerprint density at radius 3 is 2.26 bits per heavy atom. The van der Waals surface area contributed by atoms with Gasteiger partial charge < -0.3 is 10.2 Å². The molecule has 0 aliphatic carbocycles. The number of halogens is 3. The maximum atomic E-state index is 13.9. The average Bonchev–Trinajstić information content (AvgIpc) is 2.90. The van der Waals surface area contributed by atoms with Crippen molar-refractivity contribution in [2.24, 2.45) is 0 Å². The van der Waals surface area contributed by atoms with Gasteiger partial charge in [0.2, 0.25) is 21.8 Å². The number of carbonyl (C=O) groups is 2. The van der Waals surface area contributed by atoms with Gasteiger partial charge in [0.15, 0.2) is 0 Å². The average molecular weight is 595 g/mol. The van der Waals surface area contributed by atoms with Gasteiger partial charge in [-0.3, -0.25) is 13.9 Å². The number of rotatable bonds is 12. The van der Waals surface area contributed by atoms with E-state index in [1.807, 2.05) is 37.3 Å². The van der Waals surface area contributed by atoms with E-state index in [-0.39, 0.29) is 34.6 Å². The van der Waals surface area contributed by atoms with Crippen molar-refractivity contribution in [1.82, 2.24) is 10.2 Å². The summed E-state index contributed by atoms with van der Waals surface area (Å²) in [6, 6.07) is 18.1. The Labute approximate surface area is 238 Å². The maximum absolute atomic E-state index is 13.9. The third-order valence-electron chi connectivity index (χ3n) is 5.94. The summed E-state index contributed by atoms with van der Waals surface area (Å²) in [6.45, 7) is 1.62. The van der Waals surface area contributed by atoms with Gasteiger partial charge in [0.25, 0.3) is 0 Å². The Balaban J connectivity index is 2.06. The molecule has 0 aliphatic rings. The molecule has 0 saturated carbocycles. The van der Waals surface area contributed by atoms with Crippen molar-refractivity contribution in [3.05, 3.63) is 99.8 Å². The number of hydrogen-bond acceptors (Lipinski definition) is 4. The Morgan fingerprint density at radius 2 is 1.64 bits per heavy atom. The minimum absolute atomic E-state index is 0.0387. The predicted molar refractivity (Wildman–Crippen MR) is 153 cm³/mol. The van der Waals surface area contributed by atoms with Gasteiger partial charge in [-0.25, -0.2) is 12.8 Å². The Bertz CT molecular complexity index is 1390. The number of benzene rings is 3. The highest BCUT2D eigenvalue weighted by Gasteiger charge is 2.33. The minimum atomic E-state index is -3.99. The van der Waals surface area contributed by atoms with Gasteiger partial charge in [-0.2, -0.15) is 0 Å². The molecular weight excluding hydrogens is 564 g/mol. The van der Waals surface area contributed by atoms with Gasteiger partial charge in [0.05, 0.1) is 17.0 Å². The van der Waals surface area contributed by atoms with Crippen LogP contribution in [0.3, 0.4) is 0 Å². The molecule has 0 fully saturated rings. The summed E-state index contributed by atoms with van der Waals surface area (Å²) in [5.41, 5.74) is 1.42. The van der Waals surface area contributed by atoms with E-state index in [0.29, 0.717) is 18.5 Å². The van der Waals surface area contributed by atoms with Crippen LogP contribution in [0.5, 0.6) is 0 Å². The van der Waals surface area contributed by atoms with Crippen molar-refractivity contribution < 1.29 is 22.4 Å². The summed E-state index contributed by atoms with van der Waals surface area (Å²) in [4.78, 5) is 28.7. The first-order valence-corrected chi connectivity index (χ1v) is 14.9. The van der Waals surface area contributed by atoms with Gasteiger partial charge in [0, 0.05) is 24.5 Å². The number of amides is 2. The van der Waals surface area contributed by atoms with Crippen LogP contribution < -0.4 is 9.62 Å². The Morgan fingerprint density at radius 1 is 0.974 bits per heavy atom. The van der Waals surface area contributed by atoms with Crippen molar-refractivity contribution in [2.75, 3.05) is 23.7 Å². The third kappa shape index (κ3) is 8.68. The van der Waals surface area contributed by atoms with E-state index in [1.165, 1.54) is 47.4 Å². The van der Waals surface area contributed by atoms with Gasteiger partial charge in [0.1, 0.15) is 18.4 Å². The van der Waals surface area contributed by atoms with Gasteiger partial charge >= 0.3 is 0 Å². The van der Waals surface area contributed by atoms with Crippen LogP contribution in [0.25, 0.3) is 0 Å². The SMILES string of the molecule is CCCNC(=O)[C@H](Cc1ccccc1)N(Cc1ccc(F)cc1)C(=O)CN(c1cc(Cl)ccc1Cl)S(C)(=O)=O. The molecule has 0 unspecified atom stereocenters. The fraction of sp³-hybridized carbons (Fsp3) is 0.286. The standard InChI is InChI=1S/C28H30Cl2FN3O4S/c1-3-15-32-28(36)26(16-20-7-5-4-6-8-20)33(18-21-9-12-23(31)13-10-21)27(35)19-34(39(2,37)38)25-17-22(29)11-14-24(25)30/h4-14,17,26H,3,15-16,18-19H2,1-2H3,(H,32,36)/t26-/m0/s1. The zero-order valence-electron chi connectivity index (χ0n) is 21.6. The first kappa shape index (κ1) is 30.4. The fourth-order valence-electron chi connectivity index (χ4n) is 3.98. The number of nitrogens with one attached hydrogen (secondary N) is 1. The zero-order valence-corrected chi connectivity index (χ0v) is 23.9. The van der Waals surface area contributed by atoms with Crippen LogP contribution in [0.15, 0.2) is 72.8 Å². The third-order valence-corrected chi connectivity index (χ3v) is 7.62. The number of nitrogens with zero attached hydrogens (tertiary/aromatic N) is 2. The summed E-state index contributed by atoms with van der Waals surface area (Å²) < 4.78 is 40.1. The van der Waals surface area contributed by atoms with E-state index in [1.54, 1.807) is 0 Å². The second-order valence-corrected chi connectivity index (χ2v) is 11.8. The summed E-state index contributed by atoms with van der Waals surface area (Å²) in [5, 5.41) is 3.17. The lowest BCUT2D eigenvalue weighted by Crippen LogP contribution is -2.53. The summed E-state index contributed by atoms with van der Waals surface area (Å²) in [7, 11) is -3.99. The largest absolute Gasteiger partial charge is 0.354 e. The predicted octanol–water partition coefficient (Wildman–Crippen LogP) is 5.06. The highest BCUT2D eigenvalue weighted by molar-refractivity contribution is 7.92. The van der Waals surface area contributed by atoms with Crippen LogP contribution in [0.4, 0.5) is 10.1 Å². The monoisotopic (exact) mass is 593 g/mol. The zero-order chi connectivity index (χ0) is 28.6. The van der Waals surface area contributed by atoms with Crippen LogP contribution in [-0.4, -0.2) is 50.5 Å².